The van der Waals surface area contributed by atoms with Gasteiger partial charge in [-0.2, -0.15) is 0 Å². The SMILES string of the molecule is Cc1c(OC(=O)c2ccccc2Cl)ccc2c1O/C(=C\c1cccc(Cl)c1)C2=O. The second-order valence-corrected chi connectivity index (χ2v) is 7.27. The van der Waals surface area contributed by atoms with Gasteiger partial charge in [0.25, 0.3) is 0 Å². The number of carbonyl (C=O) groups is 2. The molecule has 0 N–H and O–H groups in total. The van der Waals surface area contributed by atoms with Crippen molar-refractivity contribution in [1.82, 2.24) is 0 Å². The van der Waals surface area contributed by atoms with Crippen molar-refractivity contribution >= 4 is 41.0 Å². The summed E-state index contributed by atoms with van der Waals surface area (Å²) in [6.07, 6.45) is 1.63. The molecule has 0 saturated heterocycles. The monoisotopic (exact) mass is 424 g/mol. The first kappa shape index (κ1) is 19.2. The zero-order chi connectivity index (χ0) is 20.5. The van der Waals surface area contributed by atoms with E-state index in [-0.39, 0.29) is 17.1 Å². The van der Waals surface area contributed by atoms with E-state index in [0.29, 0.717) is 32.7 Å². The third-order valence-electron chi connectivity index (χ3n) is 4.48. The summed E-state index contributed by atoms with van der Waals surface area (Å²) >= 11 is 12.1. The average Bonchev–Trinajstić information content (AvgIpc) is 3.01. The number of esters is 1. The van der Waals surface area contributed by atoms with Crippen LogP contribution in [-0.4, -0.2) is 11.8 Å². The van der Waals surface area contributed by atoms with E-state index in [9.17, 15) is 9.59 Å². The molecule has 6 heteroatoms. The van der Waals surface area contributed by atoms with Crippen molar-refractivity contribution in [2.45, 2.75) is 6.92 Å². The topological polar surface area (TPSA) is 52.6 Å². The lowest BCUT2D eigenvalue weighted by Crippen LogP contribution is -2.10. The molecule has 0 unspecified atom stereocenters. The summed E-state index contributed by atoms with van der Waals surface area (Å²) in [5, 5.41) is 0.863. The van der Waals surface area contributed by atoms with Gasteiger partial charge in [-0.25, -0.2) is 4.79 Å². The smallest absolute Gasteiger partial charge is 0.345 e. The molecule has 1 aliphatic heterocycles. The van der Waals surface area contributed by atoms with Crippen LogP contribution in [0.3, 0.4) is 0 Å². The van der Waals surface area contributed by atoms with Crippen molar-refractivity contribution < 1.29 is 19.1 Å². The molecule has 0 spiro atoms. The van der Waals surface area contributed by atoms with Crippen molar-refractivity contribution in [3.8, 4) is 11.5 Å². The largest absolute Gasteiger partial charge is 0.452 e. The summed E-state index contributed by atoms with van der Waals surface area (Å²) in [5.41, 5.74) is 1.96. The fourth-order valence-corrected chi connectivity index (χ4v) is 3.42. The first-order valence-electron chi connectivity index (χ1n) is 8.74. The van der Waals surface area contributed by atoms with Gasteiger partial charge in [0.2, 0.25) is 5.78 Å². The van der Waals surface area contributed by atoms with E-state index in [1.54, 1.807) is 67.6 Å². The molecular weight excluding hydrogens is 411 g/mol. The van der Waals surface area contributed by atoms with E-state index < -0.39 is 5.97 Å². The molecular formula is C23H14Cl2O4. The number of hydrogen-bond donors (Lipinski definition) is 0. The zero-order valence-electron chi connectivity index (χ0n) is 15.2. The highest BCUT2D eigenvalue weighted by molar-refractivity contribution is 6.33. The molecule has 4 nitrogen and oxygen atoms in total. The number of ketones is 1. The third-order valence-corrected chi connectivity index (χ3v) is 5.04. The highest BCUT2D eigenvalue weighted by atomic mass is 35.5. The van der Waals surface area contributed by atoms with Crippen molar-refractivity contribution in [2.24, 2.45) is 0 Å². The highest BCUT2D eigenvalue weighted by Crippen LogP contribution is 2.39. The molecule has 3 aromatic carbocycles. The molecule has 0 bridgehead atoms. The molecule has 0 aromatic heterocycles. The van der Waals surface area contributed by atoms with Gasteiger partial charge >= 0.3 is 5.97 Å². The Kier molecular flexibility index (Phi) is 5.14. The maximum absolute atomic E-state index is 12.7. The van der Waals surface area contributed by atoms with E-state index in [1.807, 2.05) is 6.07 Å². The second kappa shape index (κ2) is 7.74. The highest BCUT2D eigenvalue weighted by Gasteiger charge is 2.30. The molecule has 1 heterocycles. The predicted octanol–water partition coefficient (Wildman–Crippen LogP) is 6.14. The summed E-state index contributed by atoms with van der Waals surface area (Å²) in [5.74, 6) is 0.0166. The minimum absolute atomic E-state index is 0.181. The number of rotatable bonds is 3. The number of carbonyl (C=O) groups excluding carboxylic acids is 2. The normalized spacial score (nSPS) is 13.9. The average molecular weight is 425 g/mol. The number of benzene rings is 3. The van der Waals surface area contributed by atoms with Gasteiger partial charge in [-0.05, 0) is 55.0 Å². The molecule has 0 amide bonds. The van der Waals surface area contributed by atoms with Crippen LogP contribution >= 0.6 is 23.2 Å². The van der Waals surface area contributed by atoms with Gasteiger partial charge in [0.05, 0.1) is 16.1 Å². The molecule has 0 fully saturated rings. The van der Waals surface area contributed by atoms with Crippen molar-refractivity contribution in [2.75, 3.05) is 0 Å². The second-order valence-electron chi connectivity index (χ2n) is 6.43. The predicted molar refractivity (Wildman–Crippen MR) is 112 cm³/mol. The van der Waals surface area contributed by atoms with Crippen molar-refractivity contribution in [3.63, 3.8) is 0 Å². The number of halogens is 2. The van der Waals surface area contributed by atoms with Gasteiger partial charge in [-0.1, -0.05) is 47.5 Å². The van der Waals surface area contributed by atoms with E-state index in [4.69, 9.17) is 32.7 Å². The Hall–Kier alpha value is -3.08. The van der Waals surface area contributed by atoms with E-state index >= 15 is 0 Å². The Morgan fingerprint density at radius 2 is 1.83 bits per heavy atom. The van der Waals surface area contributed by atoms with Crippen molar-refractivity contribution in [1.29, 1.82) is 0 Å². The van der Waals surface area contributed by atoms with Crippen LogP contribution in [0.15, 0.2) is 66.4 Å². The Labute approximate surface area is 177 Å². The lowest BCUT2D eigenvalue weighted by molar-refractivity contribution is 0.0733. The Bertz CT molecular complexity index is 1180. The van der Waals surface area contributed by atoms with E-state index in [0.717, 1.165) is 5.56 Å². The van der Waals surface area contributed by atoms with Crippen LogP contribution in [0, 0.1) is 6.92 Å². The van der Waals surface area contributed by atoms with Gasteiger partial charge < -0.3 is 9.47 Å². The third kappa shape index (κ3) is 3.77. The molecule has 0 radical (unpaired) electrons. The molecule has 0 saturated carbocycles. The maximum Gasteiger partial charge on any atom is 0.345 e. The van der Waals surface area contributed by atoms with Crippen LogP contribution in [0.1, 0.15) is 31.8 Å². The molecule has 1 aliphatic rings. The van der Waals surface area contributed by atoms with Gasteiger partial charge in [0.1, 0.15) is 11.5 Å². The van der Waals surface area contributed by atoms with Crippen LogP contribution in [0.2, 0.25) is 10.0 Å². The van der Waals surface area contributed by atoms with Gasteiger partial charge in [-0.15, -0.1) is 0 Å². The van der Waals surface area contributed by atoms with Gasteiger partial charge in [0, 0.05) is 10.6 Å². The Balaban J connectivity index is 1.63. The minimum Gasteiger partial charge on any atom is -0.452 e. The lowest BCUT2D eigenvalue weighted by Gasteiger charge is -2.10. The molecule has 4 rings (SSSR count). The molecule has 0 atom stereocenters. The van der Waals surface area contributed by atoms with Gasteiger partial charge in [0.15, 0.2) is 5.76 Å². The fraction of sp³-hybridized carbons (Fsp3) is 0.0435. The number of allylic oxidation sites excluding steroid dienone is 1. The Morgan fingerprint density at radius 3 is 2.59 bits per heavy atom. The van der Waals surface area contributed by atoms with E-state index in [2.05, 4.69) is 0 Å². The standard InChI is InChI=1S/C23H14Cl2O4/c1-13-19(29-23(27)16-7-2-3-8-18(16)25)10-9-17-21(26)20(28-22(13)17)12-14-5-4-6-15(24)11-14/h2-12H,1H3/b20-12-. The quantitative estimate of drug-likeness (QED) is 0.288. The maximum atomic E-state index is 12.7. The van der Waals surface area contributed by atoms with Crippen LogP contribution < -0.4 is 9.47 Å². The molecule has 29 heavy (non-hydrogen) atoms. The first-order valence-corrected chi connectivity index (χ1v) is 9.50. The molecule has 144 valence electrons. The first-order chi connectivity index (χ1) is 13.9. The van der Waals surface area contributed by atoms with Crippen molar-refractivity contribution in [3.05, 3.63) is 98.7 Å². The lowest BCUT2D eigenvalue weighted by atomic mass is 10.1. The minimum atomic E-state index is -0.585. The van der Waals surface area contributed by atoms with Crippen LogP contribution in [0.25, 0.3) is 6.08 Å². The number of hydrogen-bond acceptors (Lipinski definition) is 4. The molecule has 0 aliphatic carbocycles. The van der Waals surface area contributed by atoms with Crippen LogP contribution in [0.4, 0.5) is 0 Å². The zero-order valence-corrected chi connectivity index (χ0v) is 16.8. The number of ether oxygens (including phenoxy) is 2. The fourth-order valence-electron chi connectivity index (χ4n) is 3.01. The summed E-state index contributed by atoms with van der Waals surface area (Å²) < 4.78 is 11.3. The van der Waals surface area contributed by atoms with Gasteiger partial charge in [-0.3, -0.25) is 4.79 Å². The summed E-state index contributed by atoms with van der Waals surface area (Å²) in [7, 11) is 0. The van der Waals surface area contributed by atoms with Crippen LogP contribution in [-0.2, 0) is 0 Å². The summed E-state index contributed by atoms with van der Waals surface area (Å²) in [4.78, 5) is 25.1. The van der Waals surface area contributed by atoms with E-state index in [1.165, 1.54) is 0 Å². The number of fused-ring (bicyclic) bond motifs is 1. The number of Topliss-reactive ketones (excluding diaryl/α,β-unsaturated/α-hetero) is 1. The van der Waals surface area contributed by atoms with Crippen LogP contribution in [0.5, 0.6) is 11.5 Å². The Morgan fingerprint density at radius 1 is 1.03 bits per heavy atom. The summed E-state index contributed by atoms with van der Waals surface area (Å²) in [6.45, 7) is 1.73. The summed E-state index contributed by atoms with van der Waals surface area (Å²) in [6, 6.07) is 16.9. The molecule has 3 aromatic rings.